The lowest BCUT2D eigenvalue weighted by atomic mass is 10.2. The van der Waals surface area contributed by atoms with E-state index in [9.17, 15) is 8.42 Å². The maximum absolute atomic E-state index is 11.4. The average molecular weight is 293 g/mol. The second-order valence-electron chi connectivity index (χ2n) is 3.02. The van der Waals surface area contributed by atoms with E-state index in [1.165, 1.54) is 0 Å². The molecule has 0 fully saturated rings. The Balaban J connectivity index is 2.95. The summed E-state index contributed by atoms with van der Waals surface area (Å²) < 4.78 is 28.5. The van der Waals surface area contributed by atoms with E-state index in [-0.39, 0.29) is 0 Å². The van der Waals surface area contributed by atoms with Crippen molar-refractivity contribution in [3.8, 4) is 0 Å². The van der Waals surface area contributed by atoms with Crippen molar-refractivity contribution in [2.75, 3.05) is 11.3 Å². The number of anilines is 1. The van der Waals surface area contributed by atoms with Crippen molar-refractivity contribution < 1.29 is 8.42 Å². The Morgan fingerprint density at radius 3 is 2.67 bits per heavy atom. The monoisotopic (exact) mass is 292 g/mol. The van der Waals surface area contributed by atoms with Gasteiger partial charge in [0.2, 0.25) is 0 Å². The van der Waals surface area contributed by atoms with Gasteiger partial charge in [0.15, 0.2) is 0 Å². The summed E-state index contributed by atoms with van der Waals surface area (Å²) in [7, 11) is -3.44. The van der Waals surface area contributed by atoms with Gasteiger partial charge in [0.05, 0.1) is 5.69 Å². The van der Waals surface area contributed by atoms with Crippen LogP contribution in [0.15, 0.2) is 22.7 Å². The first-order valence-corrected chi connectivity index (χ1v) is 6.76. The fraction of sp³-hybridized carbons (Fsp3) is 0.333. The lowest BCUT2D eigenvalue weighted by Gasteiger charge is -2.11. The highest BCUT2D eigenvalue weighted by Gasteiger charge is 2.10. The van der Waals surface area contributed by atoms with Gasteiger partial charge < -0.3 is 0 Å². The van der Waals surface area contributed by atoms with Gasteiger partial charge in [-0.15, -0.1) is 0 Å². The van der Waals surface area contributed by atoms with E-state index in [1.54, 1.807) is 19.1 Å². The van der Waals surface area contributed by atoms with Gasteiger partial charge in [0.1, 0.15) is 0 Å². The van der Waals surface area contributed by atoms with Crippen molar-refractivity contribution in [2.24, 2.45) is 0 Å². The molecular formula is C9H13BrN2O2S. The number of hydrogen-bond acceptors (Lipinski definition) is 2. The highest BCUT2D eigenvalue weighted by Crippen LogP contribution is 2.23. The van der Waals surface area contributed by atoms with E-state index >= 15 is 0 Å². The van der Waals surface area contributed by atoms with Crippen LogP contribution < -0.4 is 9.44 Å². The smallest absolute Gasteiger partial charge is 0.271 e. The summed E-state index contributed by atoms with van der Waals surface area (Å²) in [6.45, 7) is 3.93. The SMILES string of the molecule is CCNS(=O)(=O)Nc1cccc(Br)c1C. The van der Waals surface area contributed by atoms with Crippen LogP contribution in [0.1, 0.15) is 12.5 Å². The number of hydrogen-bond donors (Lipinski definition) is 2. The predicted octanol–water partition coefficient (Wildman–Crippen LogP) is 2.02. The van der Waals surface area contributed by atoms with Crippen LogP contribution in [0, 0.1) is 6.92 Å². The Bertz CT molecular complexity index is 445. The molecule has 0 heterocycles. The summed E-state index contributed by atoms with van der Waals surface area (Å²) in [5.41, 5.74) is 1.43. The molecule has 0 aliphatic heterocycles. The molecule has 0 aromatic heterocycles. The van der Waals surface area contributed by atoms with Crippen LogP contribution in [0.5, 0.6) is 0 Å². The standard InChI is InChI=1S/C9H13BrN2O2S/c1-3-11-15(13,14)12-9-6-4-5-8(10)7(9)2/h4-6,11-12H,3H2,1-2H3. The molecule has 2 N–H and O–H groups in total. The van der Waals surface area contributed by atoms with Crippen LogP contribution in [-0.4, -0.2) is 15.0 Å². The van der Waals surface area contributed by atoms with Gasteiger partial charge in [-0.25, -0.2) is 0 Å². The van der Waals surface area contributed by atoms with Crippen LogP contribution in [-0.2, 0) is 10.2 Å². The fourth-order valence-corrected chi connectivity index (χ4v) is 2.42. The summed E-state index contributed by atoms with van der Waals surface area (Å²) in [5.74, 6) is 0. The Labute approximate surface area is 98.4 Å². The molecule has 0 aliphatic rings. The number of benzene rings is 1. The maximum atomic E-state index is 11.4. The molecule has 1 aromatic rings. The molecule has 84 valence electrons. The van der Waals surface area contributed by atoms with Gasteiger partial charge in [0, 0.05) is 11.0 Å². The summed E-state index contributed by atoms with van der Waals surface area (Å²) in [4.78, 5) is 0. The van der Waals surface area contributed by atoms with E-state index in [0.29, 0.717) is 12.2 Å². The molecule has 0 saturated heterocycles. The second kappa shape index (κ2) is 4.96. The third kappa shape index (κ3) is 3.48. The van der Waals surface area contributed by atoms with E-state index < -0.39 is 10.2 Å². The van der Waals surface area contributed by atoms with Crippen LogP contribution in [0.25, 0.3) is 0 Å². The predicted molar refractivity (Wildman–Crippen MR) is 65.1 cm³/mol. The zero-order chi connectivity index (χ0) is 11.5. The number of nitrogens with one attached hydrogen (secondary N) is 2. The minimum Gasteiger partial charge on any atom is -0.271 e. The quantitative estimate of drug-likeness (QED) is 0.892. The minimum absolute atomic E-state index is 0.363. The van der Waals surface area contributed by atoms with Gasteiger partial charge in [-0.2, -0.15) is 13.1 Å². The third-order valence-electron chi connectivity index (χ3n) is 1.85. The van der Waals surface area contributed by atoms with Gasteiger partial charge in [0.25, 0.3) is 10.2 Å². The highest BCUT2D eigenvalue weighted by molar-refractivity contribution is 9.10. The lowest BCUT2D eigenvalue weighted by molar-refractivity contribution is 0.589. The summed E-state index contributed by atoms with van der Waals surface area (Å²) in [6, 6.07) is 5.36. The molecule has 0 aliphatic carbocycles. The van der Waals surface area contributed by atoms with Crippen molar-refractivity contribution >= 4 is 31.8 Å². The number of halogens is 1. The zero-order valence-electron chi connectivity index (χ0n) is 8.54. The lowest BCUT2D eigenvalue weighted by Crippen LogP contribution is -2.30. The van der Waals surface area contributed by atoms with Crippen LogP contribution in [0.2, 0.25) is 0 Å². The molecule has 1 rings (SSSR count). The molecule has 15 heavy (non-hydrogen) atoms. The molecule has 6 heteroatoms. The van der Waals surface area contributed by atoms with Gasteiger partial charge in [-0.3, -0.25) is 4.72 Å². The van der Waals surface area contributed by atoms with Crippen LogP contribution >= 0.6 is 15.9 Å². The minimum atomic E-state index is -3.44. The molecule has 0 amide bonds. The average Bonchev–Trinajstić information content (AvgIpc) is 2.12. The van der Waals surface area contributed by atoms with Crippen LogP contribution in [0.4, 0.5) is 5.69 Å². The molecule has 0 unspecified atom stereocenters. The third-order valence-corrected chi connectivity index (χ3v) is 3.86. The molecule has 0 saturated carbocycles. The van der Waals surface area contributed by atoms with Crippen LogP contribution in [0.3, 0.4) is 0 Å². The van der Waals surface area contributed by atoms with E-state index in [1.807, 2.05) is 13.0 Å². The Hall–Kier alpha value is -0.590. The van der Waals surface area contributed by atoms with Gasteiger partial charge >= 0.3 is 0 Å². The first-order chi connectivity index (χ1) is 6.96. The Morgan fingerprint density at radius 1 is 1.40 bits per heavy atom. The number of rotatable bonds is 4. The summed E-state index contributed by atoms with van der Waals surface area (Å²) >= 11 is 3.34. The second-order valence-corrected chi connectivity index (χ2v) is 5.37. The molecule has 0 bridgehead atoms. The van der Waals surface area contributed by atoms with Gasteiger partial charge in [-0.1, -0.05) is 28.9 Å². The largest absolute Gasteiger partial charge is 0.299 e. The van der Waals surface area contributed by atoms with Gasteiger partial charge in [-0.05, 0) is 24.6 Å². The molecule has 1 aromatic carbocycles. The topological polar surface area (TPSA) is 58.2 Å². The molecule has 0 radical (unpaired) electrons. The van der Waals surface area contributed by atoms with Crippen molar-refractivity contribution in [1.29, 1.82) is 0 Å². The van der Waals surface area contributed by atoms with E-state index in [0.717, 1.165) is 10.0 Å². The molecule has 4 nitrogen and oxygen atoms in total. The van der Waals surface area contributed by atoms with Crippen molar-refractivity contribution in [2.45, 2.75) is 13.8 Å². The normalized spacial score (nSPS) is 11.4. The molecule has 0 atom stereocenters. The van der Waals surface area contributed by atoms with Crippen molar-refractivity contribution in [3.63, 3.8) is 0 Å². The molecule has 0 spiro atoms. The Morgan fingerprint density at radius 2 is 2.07 bits per heavy atom. The van der Waals surface area contributed by atoms with Crippen molar-refractivity contribution in [3.05, 3.63) is 28.2 Å². The molecular weight excluding hydrogens is 280 g/mol. The first kappa shape index (κ1) is 12.5. The Kier molecular flexibility index (Phi) is 4.12. The first-order valence-electron chi connectivity index (χ1n) is 4.49. The summed E-state index contributed by atoms with van der Waals surface area (Å²) in [6.07, 6.45) is 0. The fourth-order valence-electron chi connectivity index (χ4n) is 1.09. The van der Waals surface area contributed by atoms with E-state index in [4.69, 9.17) is 0 Å². The summed E-state index contributed by atoms with van der Waals surface area (Å²) in [5, 5.41) is 0. The van der Waals surface area contributed by atoms with E-state index in [2.05, 4.69) is 25.4 Å². The zero-order valence-corrected chi connectivity index (χ0v) is 10.9. The maximum Gasteiger partial charge on any atom is 0.299 e. The van der Waals surface area contributed by atoms with Crippen molar-refractivity contribution in [1.82, 2.24) is 4.72 Å². The highest BCUT2D eigenvalue weighted by atomic mass is 79.9.